The molecule has 4 heterocycles. The summed E-state index contributed by atoms with van der Waals surface area (Å²) in [4.78, 5) is 31.5. The van der Waals surface area contributed by atoms with E-state index in [1.807, 2.05) is 24.3 Å². The first-order chi connectivity index (χ1) is 20.3. The number of anilines is 1. The van der Waals surface area contributed by atoms with Gasteiger partial charge in [-0.2, -0.15) is 0 Å². The Bertz CT molecular complexity index is 1780. The predicted octanol–water partition coefficient (Wildman–Crippen LogP) is 5.09. The molecule has 0 fully saturated rings. The van der Waals surface area contributed by atoms with E-state index in [0.29, 0.717) is 33.0 Å². The molecule has 0 saturated heterocycles. The lowest BCUT2D eigenvalue weighted by molar-refractivity contribution is -0.0717. The first kappa shape index (κ1) is 27.7. The zero-order chi connectivity index (χ0) is 29.4. The third-order valence-corrected chi connectivity index (χ3v) is 7.57. The highest BCUT2D eigenvalue weighted by Crippen LogP contribution is 2.45. The Morgan fingerprint density at radius 1 is 1.21 bits per heavy atom. The maximum atomic E-state index is 12.8. The number of aliphatic hydroxyl groups excluding tert-OH is 1. The summed E-state index contributed by atoms with van der Waals surface area (Å²) in [5, 5.41) is 11.4. The zero-order valence-electron chi connectivity index (χ0n) is 22.6. The smallest absolute Gasteiger partial charge is 0.417 e. The maximum Gasteiger partial charge on any atom is 0.417 e. The molecule has 0 aliphatic carbocycles. The van der Waals surface area contributed by atoms with Crippen LogP contribution in [0, 0.1) is 0 Å². The van der Waals surface area contributed by atoms with Crippen LogP contribution >= 0.6 is 22.9 Å². The lowest BCUT2D eigenvalue weighted by Gasteiger charge is -2.27. The fourth-order valence-electron chi connectivity index (χ4n) is 4.20. The van der Waals surface area contributed by atoms with Gasteiger partial charge in [0.05, 0.1) is 48.5 Å². The number of methoxy groups -OCH3 is 1. The summed E-state index contributed by atoms with van der Waals surface area (Å²) in [7, 11) is 3.10. The quantitative estimate of drug-likeness (QED) is 0.264. The number of amides is 1. The third-order valence-electron chi connectivity index (χ3n) is 6.25. The second kappa shape index (κ2) is 11.4. The van der Waals surface area contributed by atoms with Crippen molar-refractivity contribution in [2.24, 2.45) is 0 Å². The van der Waals surface area contributed by atoms with Gasteiger partial charge < -0.3 is 28.8 Å². The predicted molar refractivity (Wildman–Crippen MR) is 156 cm³/mol. The van der Waals surface area contributed by atoms with E-state index in [9.17, 15) is 9.90 Å². The third kappa shape index (κ3) is 5.53. The van der Waals surface area contributed by atoms with E-state index in [0.717, 1.165) is 26.7 Å². The summed E-state index contributed by atoms with van der Waals surface area (Å²) >= 11 is 7.85. The van der Waals surface area contributed by atoms with Gasteiger partial charge in [-0.1, -0.05) is 11.6 Å². The van der Waals surface area contributed by atoms with E-state index in [2.05, 4.69) is 15.0 Å². The van der Waals surface area contributed by atoms with Gasteiger partial charge in [-0.25, -0.2) is 19.7 Å². The minimum absolute atomic E-state index is 0.0248. The Kier molecular flexibility index (Phi) is 7.54. The summed E-state index contributed by atoms with van der Waals surface area (Å²) in [6.45, 7) is 1.61. The second-order valence-electron chi connectivity index (χ2n) is 9.35. The molecular weight excluding hydrogens is 586 g/mol. The van der Waals surface area contributed by atoms with E-state index >= 15 is 0 Å². The van der Waals surface area contributed by atoms with Crippen LogP contribution in [-0.4, -0.2) is 70.9 Å². The summed E-state index contributed by atoms with van der Waals surface area (Å²) in [6.07, 6.45) is 2.14. The molecule has 0 saturated carbocycles. The molecule has 0 unspecified atom stereocenters. The van der Waals surface area contributed by atoms with Crippen LogP contribution in [0.3, 0.4) is 0 Å². The molecule has 1 amide bonds. The second-order valence-corrected chi connectivity index (χ2v) is 10.8. The van der Waals surface area contributed by atoms with Crippen LogP contribution in [-0.2, 0) is 4.74 Å². The van der Waals surface area contributed by atoms with Crippen molar-refractivity contribution >= 4 is 55.8 Å². The van der Waals surface area contributed by atoms with Crippen LogP contribution in [0.4, 0.5) is 10.5 Å². The standard InChI is InChI=1S/C28H24ClN5O7S/c1-14(35)12-39-27-31-9-17(10-32-27)34(2)28(36)41-22-13-38-24-21(40-22)5-4-20-25(24)42-26(33-20)19-8-16(29)6-15-7-18(37-3)11-30-23(15)19/h4-11,14,22,35H,12-13H2,1-3H3/t14-,22-/m1/s1. The molecular formula is C28H24ClN5O7S. The van der Waals surface area contributed by atoms with Gasteiger partial charge in [-0.05, 0) is 37.3 Å². The summed E-state index contributed by atoms with van der Waals surface area (Å²) in [6, 6.07) is 9.16. The van der Waals surface area contributed by atoms with Crippen molar-refractivity contribution in [1.29, 1.82) is 0 Å². The molecule has 1 N–H and O–H groups in total. The Hall–Kier alpha value is -4.46. The molecule has 42 heavy (non-hydrogen) atoms. The molecule has 14 heteroatoms. The number of aliphatic hydroxyl groups is 1. The molecule has 5 aromatic rings. The van der Waals surface area contributed by atoms with Gasteiger partial charge in [0.1, 0.15) is 22.1 Å². The van der Waals surface area contributed by atoms with Gasteiger partial charge >= 0.3 is 12.1 Å². The van der Waals surface area contributed by atoms with Gasteiger partial charge in [-0.15, -0.1) is 11.3 Å². The number of nitrogens with zero attached hydrogens (tertiary/aromatic N) is 5. The minimum atomic E-state index is -0.983. The number of pyridine rings is 1. The van der Waals surface area contributed by atoms with Gasteiger partial charge in [-0.3, -0.25) is 9.88 Å². The number of carbonyl (C=O) groups is 1. The van der Waals surface area contributed by atoms with Gasteiger partial charge in [0, 0.05) is 23.0 Å². The average Bonchev–Trinajstić information content (AvgIpc) is 3.43. The Morgan fingerprint density at radius 3 is 2.79 bits per heavy atom. The van der Waals surface area contributed by atoms with E-state index < -0.39 is 18.5 Å². The maximum absolute atomic E-state index is 12.8. The normalized spacial score (nSPS) is 14.9. The topological polar surface area (TPSA) is 138 Å². The number of carbonyl (C=O) groups excluding carboxylic acids is 1. The number of thiazole rings is 1. The molecule has 2 atom stereocenters. The van der Waals surface area contributed by atoms with Crippen molar-refractivity contribution in [2.45, 2.75) is 19.3 Å². The van der Waals surface area contributed by atoms with Crippen LogP contribution in [0.5, 0.6) is 23.3 Å². The number of aromatic nitrogens is 4. The van der Waals surface area contributed by atoms with E-state index in [1.54, 1.807) is 26.3 Å². The molecule has 1 aliphatic heterocycles. The number of ether oxygens (including phenoxy) is 5. The van der Waals surface area contributed by atoms with Crippen molar-refractivity contribution in [1.82, 2.24) is 19.9 Å². The number of rotatable bonds is 7. The van der Waals surface area contributed by atoms with Crippen molar-refractivity contribution in [3.63, 3.8) is 0 Å². The Morgan fingerprint density at radius 2 is 2.02 bits per heavy atom. The first-order valence-corrected chi connectivity index (χ1v) is 13.9. The molecule has 2 aromatic carbocycles. The SMILES string of the molecule is COc1cnc2c(-c3nc4ccc5c(c4s3)OC[C@@H](OC(=O)N(C)c3cnc(OC[C@@H](C)O)nc3)O5)cc(Cl)cc2c1. The molecule has 216 valence electrons. The first-order valence-electron chi connectivity index (χ1n) is 12.7. The lowest BCUT2D eigenvalue weighted by Crippen LogP contribution is -2.38. The van der Waals surface area contributed by atoms with Crippen LogP contribution < -0.4 is 23.8 Å². The van der Waals surface area contributed by atoms with E-state index in [1.165, 1.54) is 35.7 Å². The van der Waals surface area contributed by atoms with Crippen LogP contribution in [0.1, 0.15) is 6.92 Å². The number of benzene rings is 2. The summed E-state index contributed by atoms with van der Waals surface area (Å²) in [5.41, 5.74) is 2.62. The summed E-state index contributed by atoms with van der Waals surface area (Å²) < 4.78 is 28.8. The highest BCUT2D eigenvalue weighted by Gasteiger charge is 2.29. The number of fused-ring (bicyclic) bond motifs is 4. The zero-order valence-corrected chi connectivity index (χ0v) is 24.2. The van der Waals surface area contributed by atoms with Gasteiger partial charge in [0.25, 0.3) is 6.29 Å². The molecule has 6 rings (SSSR count). The Balaban J connectivity index is 1.18. The molecule has 1 aliphatic rings. The monoisotopic (exact) mass is 609 g/mol. The van der Waals surface area contributed by atoms with Crippen LogP contribution in [0.25, 0.3) is 31.7 Å². The molecule has 0 spiro atoms. The van der Waals surface area contributed by atoms with Crippen molar-refractivity contribution in [3.05, 3.63) is 53.9 Å². The fraction of sp³-hybridized carbons (Fsp3) is 0.250. The number of halogens is 1. The molecule has 3 aromatic heterocycles. The fourth-order valence-corrected chi connectivity index (χ4v) is 5.50. The number of hydrogen-bond donors (Lipinski definition) is 1. The molecule has 0 bridgehead atoms. The Labute approximate surface area is 248 Å². The van der Waals surface area contributed by atoms with Crippen LogP contribution in [0.15, 0.2) is 48.9 Å². The minimum Gasteiger partial charge on any atom is -0.495 e. The highest BCUT2D eigenvalue weighted by atomic mass is 35.5. The number of hydrogen-bond acceptors (Lipinski definition) is 12. The van der Waals surface area contributed by atoms with E-state index in [4.69, 9.17) is 40.3 Å². The molecule has 12 nitrogen and oxygen atoms in total. The largest absolute Gasteiger partial charge is 0.495 e. The highest BCUT2D eigenvalue weighted by molar-refractivity contribution is 7.22. The van der Waals surface area contributed by atoms with Crippen LogP contribution in [0.2, 0.25) is 5.02 Å². The van der Waals surface area contributed by atoms with E-state index in [-0.39, 0.29) is 19.2 Å². The van der Waals surface area contributed by atoms with Crippen molar-refractivity contribution < 1.29 is 33.6 Å². The van der Waals surface area contributed by atoms with Crippen molar-refractivity contribution in [3.8, 4) is 33.8 Å². The summed E-state index contributed by atoms with van der Waals surface area (Å²) in [5.74, 6) is 1.57. The molecule has 0 radical (unpaired) electrons. The lowest BCUT2D eigenvalue weighted by atomic mass is 10.1. The van der Waals surface area contributed by atoms with Crippen molar-refractivity contribution in [2.75, 3.05) is 32.3 Å². The average molecular weight is 610 g/mol. The van der Waals surface area contributed by atoms with Gasteiger partial charge in [0.15, 0.2) is 18.1 Å². The van der Waals surface area contributed by atoms with Gasteiger partial charge in [0.2, 0.25) is 0 Å².